The van der Waals surface area contributed by atoms with E-state index in [1.165, 1.54) is 0 Å². The molecule has 0 aliphatic carbocycles. The van der Waals surface area contributed by atoms with Crippen molar-refractivity contribution in [3.63, 3.8) is 0 Å². The molecule has 0 unspecified atom stereocenters. The lowest BCUT2D eigenvalue weighted by molar-refractivity contribution is 0.728. The molecule has 2 heterocycles. The van der Waals surface area contributed by atoms with E-state index >= 15 is 0 Å². The minimum absolute atomic E-state index is 0.00708. The van der Waals surface area contributed by atoms with Crippen molar-refractivity contribution < 1.29 is 0 Å². The number of hydrogen-bond acceptors (Lipinski definition) is 4. The second kappa shape index (κ2) is 6.10. The number of aromatic nitrogens is 2. The topological polar surface area (TPSA) is 34.9 Å². The molecule has 0 atom stereocenters. The average Bonchev–Trinajstić information content (AvgIpc) is 2.94. The Morgan fingerprint density at radius 3 is 2.77 bits per heavy atom. The third-order valence-electron chi connectivity index (χ3n) is 3.24. The Bertz CT molecular complexity index is 894. The standard InChI is InChI=1S/C17H16N2OS2/c1-11(2)10-21-17-18-15-13(16(20)19(17)3)9-14(22-15)12-7-5-4-6-8-12/h4-9H,1,10H2,2-3H3. The summed E-state index contributed by atoms with van der Waals surface area (Å²) in [5.41, 5.74) is 2.19. The number of rotatable bonds is 4. The van der Waals surface area contributed by atoms with Crippen LogP contribution in [0.25, 0.3) is 20.7 Å². The fourth-order valence-corrected chi connectivity index (χ4v) is 4.00. The van der Waals surface area contributed by atoms with Crippen molar-refractivity contribution in [3.8, 4) is 10.4 Å². The molecule has 0 N–H and O–H groups in total. The van der Waals surface area contributed by atoms with E-state index in [0.717, 1.165) is 31.8 Å². The molecule has 0 spiro atoms. The summed E-state index contributed by atoms with van der Waals surface area (Å²) in [6.07, 6.45) is 0. The monoisotopic (exact) mass is 328 g/mol. The molecule has 112 valence electrons. The van der Waals surface area contributed by atoms with Gasteiger partial charge in [-0.05, 0) is 18.6 Å². The van der Waals surface area contributed by atoms with Crippen LogP contribution in [0.4, 0.5) is 0 Å². The van der Waals surface area contributed by atoms with Crippen molar-refractivity contribution in [2.75, 3.05) is 5.75 Å². The first kappa shape index (κ1) is 15.1. The molecule has 0 aliphatic heterocycles. The Labute approximate surface area is 137 Å². The smallest absolute Gasteiger partial charge is 0.262 e. The van der Waals surface area contributed by atoms with Gasteiger partial charge in [0.1, 0.15) is 4.83 Å². The van der Waals surface area contributed by atoms with E-state index in [4.69, 9.17) is 0 Å². The van der Waals surface area contributed by atoms with Gasteiger partial charge in [-0.25, -0.2) is 4.98 Å². The molecule has 0 aliphatic rings. The van der Waals surface area contributed by atoms with E-state index in [-0.39, 0.29) is 5.56 Å². The average molecular weight is 328 g/mol. The van der Waals surface area contributed by atoms with Crippen LogP contribution in [0.3, 0.4) is 0 Å². The number of fused-ring (bicyclic) bond motifs is 1. The zero-order valence-electron chi connectivity index (χ0n) is 12.5. The third-order valence-corrected chi connectivity index (χ3v) is 5.58. The lowest BCUT2D eigenvalue weighted by atomic mass is 10.2. The molecule has 2 aromatic heterocycles. The molecule has 5 heteroatoms. The van der Waals surface area contributed by atoms with Gasteiger partial charge in [0, 0.05) is 17.7 Å². The Hall–Kier alpha value is -1.85. The van der Waals surface area contributed by atoms with Crippen molar-refractivity contribution >= 4 is 33.3 Å². The van der Waals surface area contributed by atoms with Crippen molar-refractivity contribution in [1.29, 1.82) is 0 Å². The van der Waals surface area contributed by atoms with Crippen LogP contribution < -0.4 is 5.56 Å². The Morgan fingerprint density at radius 1 is 1.36 bits per heavy atom. The summed E-state index contributed by atoms with van der Waals surface area (Å²) in [5.74, 6) is 0.767. The van der Waals surface area contributed by atoms with Gasteiger partial charge < -0.3 is 0 Å². The summed E-state index contributed by atoms with van der Waals surface area (Å²) < 4.78 is 1.62. The Kier molecular flexibility index (Phi) is 4.18. The highest BCUT2D eigenvalue weighted by Crippen LogP contribution is 2.32. The van der Waals surface area contributed by atoms with Gasteiger partial charge in [-0.2, -0.15) is 0 Å². The van der Waals surface area contributed by atoms with Gasteiger partial charge in [0.25, 0.3) is 5.56 Å². The van der Waals surface area contributed by atoms with Crippen LogP contribution in [0, 0.1) is 0 Å². The molecule has 0 saturated heterocycles. The van der Waals surface area contributed by atoms with Crippen LogP contribution in [0.1, 0.15) is 6.92 Å². The van der Waals surface area contributed by atoms with Crippen LogP contribution in [0.2, 0.25) is 0 Å². The van der Waals surface area contributed by atoms with E-state index in [2.05, 4.69) is 11.6 Å². The Morgan fingerprint density at radius 2 is 2.09 bits per heavy atom. The number of hydrogen-bond donors (Lipinski definition) is 0. The van der Waals surface area contributed by atoms with Crippen molar-refractivity contribution in [2.45, 2.75) is 12.1 Å². The van der Waals surface area contributed by atoms with Crippen LogP contribution >= 0.6 is 23.1 Å². The second-order valence-corrected chi connectivity index (χ2v) is 7.17. The van der Waals surface area contributed by atoms with Crippen LogP contribution in [-0.2, 0) is 7.05 Å². The molecule has 0 amide bonds. The summed E-state index contributed by atoms with van der Waals surface area (Å²) in [5, 5.41) is 1.42. The van der Waals surface area contributed by atoms with Gasteiger partial charge in [0.05, 0.1) is 5.39 Å². The minimum Gasteiger partial charge on any atom is -0.290 e. The summed E-state index contributed by atoms with van der Waals surface area (Å²) in [6.45, 7) is 5.87. The molecule has 3 nitrogen and oxygen atoms in total. The molecule has 0 fully saturated rings. The van der Waals surface area contributed by atoms with E-state index in [0.29, 0.717) is 5.39 Å². The second-order valence-electron chi connectivity index (χ2n) is 5.20. The van der Waals surface area contributed by atoms with Gasteiger partial charge in [-0.15, -0.1) is 11.3 Å². The van der Waals surface area contributed by atoms with Crippen LogP contribution in [0.15, 0.2) is 58.5 Å². The maximum Gasteiger partial charge on any atom is 0.262 e. The van der Waals surface area contributed by atoms with Gasteiger partial charge in [-0.1, -0.05) is 54.2 Å². The summed E-state index contributed by atoms with van der Waals surface area (Å²) >= 11 is 3.11. The molecular weight excluding hydrogens is 312 g/mol. The van der Waals surface area contributed by atoms with Crippen molar-refractivity contribution in [3.05, 3.63) is 58.9 Å². The SMILES string of the molecule is C=C(C)CSc1nc2sc(-c3ccccc3)cc2c(=O)n1C. The van der Waals surface area contributed by atoms with E-state index < -0.39 is 0 Å². The highest BCUT2D eigenvalue weighted by molar-refractivity contribution is 7.99. The van der Waals surface area contributed by atoms with Crippen molar-refractivity contribution in [1.82, 2.24) is 9.55 Å². The summed E-state index contributed by atoms with van der Waals surface area (Å²) in [6, 6.07) is 12.0. The quantitative estimate of drug-likeness (QED) is 0.406. The predicted octanol–water partition coefficient (Wildman–Crippen LogP) is 4.33. The normalized spacial score (nSPS) is 11.0. The maximum atomic E-state index is 12.5. The van der Waals surface area contributed by atoms with Gasteiger partial charge in [0.15, 0.2) is 5.16 Å². The minimum atomic E-state index is 0.00708. The summed E-state index contributed by atoms with van der Waals surface area (Å²) in [4.78, 5) is 19.1. The molecule has 22 heavy (non-hydrogen) atoms. The number of thioether (sulfide) groups is 1. The fourth-order valence-electron chi connectivity index (χ4n) is 2.11. The van der Waals surface area contributed by atoms with E-state index in [9.17, 15) is 4.79 Å². The zero-order valence-corrected chi connectivity index (χ0v) is 14.1. The van der Waals surface area contributed by atoms with Gasteiger partial charge >= 0.3 is 0 Å². The van der Waals surface area contributed by atoms with Gasteiger partial charge in [0.2, 0.25) is 0 Å². The number of benzene rings is 1. The van der Waals surface area contributed by atoms with Crippen LogP contribution in [0.5, 0.6) is 0 Å². The maximum absolute atomic E-state index is 12.5. The largest absolute Gasteiger partial charge is 0.290 e. The molecule has 1 aromatic carbocycles. The van der Waals surface area contributed by atoms with Crippen molar-refractivity contribution in [2.24, 2.45) is 7.05 Å². The first-order chi connectivity index (χ1) is 10.6. The molecule has 0 saturated carbocycles. The van der Waals surface area contributed by atoms with Crippen LogP contribution in [-0.4, -0.2) is 15.3 Å². The highest BCUT2D eigenvalue weighted by Gasteiger charge is 2.13. The summed E-state index contributed by atoms with van der Waals surface area (Å²) in [7, 11) is 1.77. The predicted molar refractivity (Wildman–Crippen MR) is 95.8 cm³/mol. The number of thiophene rings is 1. The molecule has 3 rings (SSSR count). The number of nitrogens with zero attached hydrogens (tertiary/aromatic N) is 2. The van der Waals surface area contributed by atoms with E-state index in [1.807, 2.05) is 43.3 Å². The highest BCUT2D eigenvalue weighted by atomic mass is 32.2. The third kappa shape index (κ3) is 2.87. The molecule has 0 radical (unpaired) electrons. The van der Waals surface area contributed by atoms with E-state index in [1.54, 1.807) is 34.7 Å². The molecular formula is C17H16N2OS2. The first-order valence-corrected chi connectivity index (χ1v) is 8.69. The lowest BCUT2D eigenvalue weighted by Gasteiger charge is -2.06. The van der Waals surface area contributed by atoms with Gasteiger partial charge in [-0.3, -0.25) is 9.36 Å². The lowest BCUT2D eigenvalue weighted by Crippen LogP contribution is -2.19. The fraction of sp³-hybridized carbons (Fsp3) is 0.176. The molecule has 3 aromatic rings. The molecule has 0 bridgehead atoms. The first-order valence-electron chi connectivity index (χ1n) is 6.89. The Balaban J connectivity index is 2.10. The zero-order chi connectivity index (χ0) is 15.7.